The van der Waals surface area contributed by atoms with Crippen LogP contribution in [0.3, 0.4) is 0 Å². The Labute approximate surface area is 169 Å². The molecule has 0 aliphatic heterocycles. The third kappa shape index (κ3) is 6.20. The first-order valence-corrected chi connectivity index (χ1v) is 10.2. The molecule has 150 valence electrons. The van der Waals surface area contributed by atoms with Gasteiger partial charge in [0, 0.05) is 17.5 Å². The van der Waals surface area contributed by atoms with Gasteiger partial charge in [-0.1, -0.05) is 38.1 Å². The van der Waals surface area contributed by atoms with E-state index in [9.17, 15) is 14.4 Å². The SMILES string of the molecule is CCc1cccc(CC)c1NC(=O)COC(=O)CC(NC(C)=O)c1cccs1. The summed E-state index contributed by atoms with van der Waals surface area (Å²) in [7, 11) is 0. The highest BCUT2D eigenvalue weighted by Crippen LogP contribution is 2.23. The predicted molar refractivity (Wildman–Crippen MR) is 110 cm³/mol. The number of nitrogens with one attached hydrogen (secondary N) is 2. The van der Waals surface area contributed by atoms with Crippen LogP contribution in [0.2, 0.25) is 0 Å². The number of amides is 2. The van der Waals surface area contributed by atoms with Crippen LogP contribution in [-0.4, -0.2) is 24.4 Å². The van der Waals surface area contributed by atoms with Crippen molar-refractivity contribution in [1.29, 1.82) is 0 Å². The number of anilines is 1. The molecule has 28 heavy (non-hydrogen) atoms. The van der Waals surface area contributed by atoms with Crippen LogP contribution in [0.1, 0.15) is 49.2 Å². The van der Waals surface area contributed by atoms with Gasteiger partial charge in [0.2, 0.25) is 5.91 Å². The van der Waals surface area contributed by atoms with Gasteiger partial charge in [0.15, 0.2) is 6.61 Å². The first-order chi connectivity index (χ1) is 13.4. The Balaban J connectivity index is 1.93. The third-order valence-corrected chi connectivity index (χ3v) is 5.25. The zero-order valence-electron chi connectivity index (χ0n) is 16.4. The van der Waals surface area contributed by atoms with E-state index in [1.807, 2.05) is 49.6 Å². The van der Waals surface area contributed by atoms with E-state index in [0.717, 1.165) is 34.5 Å². The number of hydrogen-bond donors (Lipinski definition) is 2. The lowest BCUT2D eigenvalue weighted by Crippen LogP contribution is -2.29. The number of para-hydroxylation sites is 1. The van der Waals surface area contributed by atoms with E-state index in [1.54, 1.807) is 0 Å². The molecule has 1 aromatic heterocycles. The number of carbonyl (C=O) groups is 3. The Hall–Kier alpha value is -2.67. The number of carbonyl (C=O) groups excluding carboxylic acids is 3. The summed E-state index contributed by atoms with van der Waals surface area (Å²) in [5.41, 5.74) is 2.88. The standard InChI is InChI=1S/C21H26N2O4S/c1-4-15-8-6-9-16(5-2)21(15)23-19(25)13-27-20(26)12-17(22-14(3)24)18-10-7-11-28-18/h6-11,17H,4-5,12-13H2,1-3H3,(H,22,24)(H,23,25). The Bertz CT molecular complexity index is 796. The lowest BCUT2D eigenvalue weighted by molar-refractivity contribution is -0.147. The predicted octanol–water partition coefficient (Wildman–Crippen LogP) is 3.62. The second-order valence-electron chi connectivity index (χ2n) is 6.34. The summed E-state index contributed by atoms with van der Waals surface area (Å²) in [5, 5.41) is 7.48. The number of hydrogen-bond acceptors (Lipinski definition) is 5. The van der Waals surface area contributed by atoms with Crippen LogP contribution in [0.25, 0.3) is 0 Å². The second-order valence-corrected chi connectivity index (χ2v) is 7.32. The van der Waals surface area contributed by atoms with Gasteiger partial charge in [-0.15, -0.1) is 11.3 Å². The van der Waals surface area contributed by atoms with Crippen molar-refractivity contribution in [3.8, 4) is 0 Å². The van der Waals surface area contributed by atoms with Crippen molar-refractivity contribution < 1.29 is 19.1 Å². The van der Waals surface area contributed by atoms with Gasteiger partial charge in [0.25, 0.3) is 5.91 Å². The number of benzene rings is 1. The molecule has 0 aliphatic carbocycles. The van der Waals surface area contributed by atoms with Crippen LogP contribution in [0, 0.1) is 0 Å². The minimum absolute atomic E-state index is 0.0286. The summed E-state index contributed by atoms with van der Waals surface area (Å²) in [6.07, 6.45) is 1.56. The maximum absolute atomic E-state index is 12.3. The number of aryl methyl sites for hydroxylation is 2. The van der Waals surface area contributed by atoms with E-state index < -0.39 is 12.0 Å². The molecule has 0 fully saturated rings. The van der Waals surface area contributed by atoms with Crippen LogP contribution in [0.15, 0.2) is 35.7 Å². The van der Waals surface area contributed by atoms with Gasteiger partial charge in [-0.05, 0) is 35.4 Å². The minimum atomic E-state index is -0.540. The van der Waals surface area contributed by atoms with Crippen molar-refractivity contribution in [2.75, 3.05) is 11.9 Å². The zero-order chi connectivity index (χ0) is 20.5. The third-order valence-electron chi connectivity index (χ3n) is 4.26. The maximum Gasteiger partial charge on any atom is 0.308 e. The maximum atomic E-state index is 12.3. The summed E-state index contributed by atoms with van der Waals surface area (Å²) in [4.78, 5) is 36.7. The molecule has 7 heteroatoms. The van der Waals surface area contributed by atoms with Gasteiger partial charge in [-0.3, -0.25) is 14.4 Å². The van der Waals surface area contributed by atoms with Crippen molar-refractivity contribution >= 4 is 34.8 Å². The lowest BCUT2D eigenvalue weighted by atomic mass is 10.0. The highest BCUT2D eigenvalue weighted by Gasteiger charge is 2.20. The van der Waals surface area contributed by atoms with Gasteiger partial charge in [0.05, 0.1) is 12.5 Å². The summed E-state index contributed by atoms with van der Waals surface area (Å²) >= 11 is 1.45. The molecule has 6 nitrogen and oxygen atoms in total. The number of rotatable bonds is 9. The molecule has 0 saturated heterocycles. The van der Waals surface area contributed by atoms with Crippen LogP contribution in [0.4, 0.5) is 5.69 Å². The van der Waals surface area contributed by atoms with E-state index in [4.69, 9.17) is 4.74 Å². The average Bonchev–Trinajstić information content (AvgIpc) is 3.20. The molecule has 0 aliphatic rings. The molecule has 0 radical (unpaired) electrons. The topological polar surface area (TPSA) is 84.5 Å². The lowest BCUT2D eigenvalue weighted by Gasteiger charge is -2.16. The quantitative estimate of drug-likeness (QED) is 0.628. The number of ether oxygens (including phenoxy) is 1. The Morgan fingerprint density at radius 3 is 2.29 bits per heavy atom. The van der Waals surface area contributed by atoms with Gasteiger partial charge >= 0.3 is 5.97 Å². The van der Waals surface area contributed by atoms with Crippen LogP contribution >= 0.6 is 11.3 Å². The van der Waals surface area contributed by atoms with E-state index in [2.05, 4.69) is 10.6 Å². The van der Waals surface area contributed by atoms with Crippen LogP contribution in [0.5, 0.6) is 0 Å². The molecule has 0 bridgehead atoms. The van der Waals surface area contributed by atoms with Crippen molar-refractivity contribution in [2.24, 2.45) is 0 Å². The molecule has 2 N–H and O–H groups in total. The minimum Gasteiger partial charge on any atom is -0.455 e. The highest BCUT2D eigenvalue weighted by molar-refractivity contribution is 7.10. The Kier molecular flexibility index (Phi) is 8.19. The Morgan fingerprint density at radius 2 is 1.75 bits per heavy atom. The zero-order valence-corrected chi connectivity index (χ0v) is 17.2. The smallest absolute Gasteiger partial charge is 0.308 e. The normalized spacial score (nSPS) is 11.5. The molecule has 1 aromatic carbocycles. The molecule has 2 rings (SSSR count). The largest absolute Gasteiger partial charge is 0.455 e. The van der Waals surface area contributed by atoms with Crippen molar-refractivity contribution in [3.63, 3.8) is 0 Å². The van der Waals surface area contributed by atoms with E-state index in [1.165, 1.54) is 18.3 Å². The fraction of sp³-hybridized carbons (Fsp3) is 0.381. The average molecular weight is 403 g/mol. The van der Waals surface area contributed by atoms with Gasteiger partial charge in [-0.25, -0.2) is 0 Å². The monoisotopic (exact) mass is 402 g/mol. The molecule has 1 unspecified atom stereocenters. The molecule has 1 heterocycles. The van der Waals surface area contributed by atoms with Gasteiger partial charge in [-0.2, -0.15) is 0 Å². The first-order valence-electron chi connectivity index (χ1n) is 9.31. The molecule has 2 aromatic rings. The summed E-state index contributed by atoms with van der Waals surface area (Å²) in [6, 6.07) is 9.16. The van der Waals surface area contributed by atoms with Crippen molar-refractivity contribution in [3.05, 3.63) is 51.7 Å². The van der Waals surface area contributed by atoms with Crippen LogP contribution in [-0.2, 0) is 32.0 Å². The second kappa shape index (κ2) is 10.6. The first kappa shape index (κ1) is 21.6. The fourth-order valence-electron chi connectivity index (χ4n) is 2.91. The molecular weight excluding hydrogens is 376 g/mol. The van der Waals surface area contributed by atoms with E-state index >= 15 is 0 Å². The van der Waals surface area contributed by atoms with Gasteiger partial charge < -0.3 is 15.4 Å². The van der Waals surface area contributed by atoms with Crippen molar-refractivity contribution in [1.82, 2.24) is 5.32 Å². The summed E-state index contributed by atoms with van der Waals surface area (Å²) in [5.74, 6) is -1.15. The van der Waals surface area contributed by atoms with E-state index in [0.29, 0.717) is 0 Å². The summed E-state index contributed by atoms with van der Waals surface area (Å²) in [6.45, 7) is 5.08. The van der Waals surface area contributed by atoms with Crippen molar-refractivity contribution in [2.45, 2.75) is 46.1 Å². The number of esters is 1. The summed E-state index contributed by atoms with van der Waals surface area (Å²) < 4.78 is 5.14. The molecular formula is C21H26N2O4S. The molecule has 0 saturated carbocycles. The Morgan fingerprint density at radius 1 is 1.07 bits per heavy atom. The molecule has 2 amide bonds. The van der Waals surface area contributed by atoms with Crippen LogP contribution < -0.4 is 10.6 Å². The molecule has 0 spiro atoms. The fourth-order valence-corrected chi connectivity index (χ4v) is 3.69. The highest BCUT2D eigenvalue weighted by atomic mass is 32.1. The molecule has 1 atom stereocenters. The van der Waals surface area contributed by atoms with E-state index in [-0.39, 0.29) is 24.8 Å². The van der Waals surface area contributed by atoms with Gasteiger partial charge in [0.1, 0.15) is 0 Å². The number of thiophene rings is 1.